The average Bonchev–Trinajstić information content (AvgIpc) is 2.13. The molecule has 1 aromatic rings. The van der Waals surface area contributed by atoms with Crippen molar-refractivity contribution in [2.24, 2.45) is 0 Å². The Morgan fingerprint density at radius 2 is 1.80 bits per heavy atom. The molecule has 4 N–H and O–H groups in total. The van der Waals surface area contributed by atoms with Gasteiger partial charge >= 0.3 is 0 Å². The van der Waals surface area contributed by atoms with Gasteiger partial charge in [0.25, 0.3) is 0 Å². The van der Waals surface area contributed by atoms with E-state index in [1.165, 1.54) is 0 Å². The van der Waals surface area contributed by atoms with Gasteiger partial charge in [0.05, 0.1) is 0 Å². The van der Waals surface area contributed by atoms with Gasteiger partial charge in [-0.2, -0.15) is 0 Å². The number of anilines is 2. The number of nitrogens with two attached hydrogens (primary N) is 2. The second-order valence-electron chi connectivity index (χ2n) is 3.44. The number of rotatable bonds is 4. The molecule has 1 aromatic carbocycles. The monoisotopic (exact) mass is 200 g/mol. The maximum absolute atomic E-state index is 5.69. The standard InChI is InChI=1S/C13H16N2/c1-3-4-5-10(2)6-11-7-12(14)9-13(15)8-11/h3-5,7-9H,1-2,6,14-15H2/b5-4-. The highest BCUT2D eigenvalue weighted by Crippen LogP contribution is 2.16. The summed E-state index contributed by atoms with van der Waals surface area (Å²) in [5.41, 5.74) is 14.8. The van der Waals surface area contributed by atoms with Crippen molar-refractivity contribution in [2.75, 3.05) is 11.5 Å². The summed E-state index contributed by atoms with van der Waals surface area (Å²) in [6.07, 6.45) is 6.25. The topological polar surface area (TPSA) is 52.0 Å². The van der Waals surface area contributed by atoms with Crippen molar-refractivity contribution in [3.8, 4) is 0 Å². The molecule has 2 heteroatoms. The van der Waals surface area contributed by atoms with E-state index in [2.05, 4.69) is 13.2 Å². The molecule has 0 aliphatic rings. The second kappa shape index (κ2) is 5.05. The Balaban J connectivity index is 2.76. The van der Waals surface area contributed by atoms with Gasteiger partial charge in [0.1, 0.15) is 0 Å². The van der Waals surface area contributed by atoms with Crippen LogP contribution in [0.2, 0.25) is 0 Å². The third-order valence-electron chi connectivity index (χ3n) is 1.94. The Morgan fingerprint density at radius 3 is 2.33 bits per heavy atom. The average molecular weight is 200 g/mol. The largest absolute Gasteiger partial charge is 0.399 e. The summed E-state index contributed by atoms with van der Waals surface area (Å²) in [4.78, 5) is 0. The van der Waals surface area contributed by atoms with Gasteiger partial charge in [-0.1, -0.05) is 37.0 Å². The van der Waals surface area contributed by atoms with Crippen molar-refractivity contribution < 1.29 is 0 Å². The molecular weight excluding hydrogens is 184 g/mol. The Morgan fingerprint density at radius 1 is 1.20 bits per heavy atom. The molecule has 0 amide bonds. The van der Waals surface area contributed by atoms with E-state index in [0.717, 1.165) is 17.6 Å². The fourth-order valence-electron chi connectivity index (χ4n) is 1.37. The van der Waals surface area contributed by atoms with Gasteiger partial charge in [-0.15, -0.1) is 0 Å². The summed E-state index contributed by atoms with van der Waals surface area (Å²) in [6.45, 7) is 7.53. The first-order valence-electron chi connectivity index (χ1n) is 4.73. The first-order valence-corrected chi connectivity index (χ1v) is 4.73. The fourth-order valence-corrected chi connectivity index (χ4v) is 1.37. The lowest BCUT2D eigenvalue weighted by atomic mass is 10.0. The van der Waals surface area contributed by atoms with Crippen LogP contribution >= 0.6 is 0 Å². The van der Waals surface area contributed by atoms with E-state index in [1.54, 1.807) is 12.1 Å². The molecule has 0 unspecified atom stereocenters. The molecule has 78 valence electrons. The van der Waals surface area contributed by atoms with Crippen LogP contribution in [0.25, 0.3) is 0 Å². The number of allylic oxidation sites excluding steroid dienone is 4. The summed E-state index contributed by atoms with van der Waals surface area (Å²) in [5.74, 6) is 0. The highest BCUT2D eigenvalue weighted by Gasteiger charge is 1.97. The van der Waals surface area contributed by atoms with E-state index >= 15 is 0 Å². The van der Waals surface area contributed by atoms with E-state index in [9.17, 15) is 0 Å². The number of hydrogen-bond acceptors (Lipinski definition) is 2. The molecule has 0 fully saturated rings. The molecule has 0 saturated heterocycles. The zero-order valence-corrected chi connectivity index (χ0v) is 8.74. The van der Waals surface area contributed by atoms with Crippen LogP contribution in [0.1, 0.15) is 5.56 Å². The van der Waals surface area contributed by atoms with Crippen molar-refractivity contribution in [3.05, 3.63) is 60.7 Å². The fraction of sp³-hybridized carbons (Fsp3) is 0.0769. The molecule has 15 heavy (non-hydrogen) atoms. The SMILES string of the molecule is C=C/C=C\C(=C)Cc1cc(N)cc(N)c1. The zero-order valence-electron chi connectivity index (χ0n) is 8.74. The van der Waals surface area contributed by atoms with Crippen LogP contribution in [0.15, 0.2) is 55.2 Å². The lowest BCUT2D eigenvalue weighted by molar-refractivity contribution is 1.21. The van der Waals surface area contributed by atoms with Crippen molar-refractivity contribution >= 4 is 11.4 Å². The number of nitrogen functional groups attached to an aromatic ring is 2. The third kappa shape index (κ3) is 3.73. The van der Waals surface area contributed by atoms with Crippen molar-refractivity contribution in [3.63, 3.8) is 0 Å². The first-order chi connectivity index (χ1) is 7.11. The first kappa shape index (κ1) is 11.1. The van der Waals surface area contributed by atoms with Crippen molar-refractivity contribution in [1.29, 1.82) is 0 Å². The molecule has 0 spiro atoms. The third-order valence-corrected chi connectivity index (χ3v) is 1.94. The minimum absolute atomic E-state index is 0.686. The van der Waals surface area contributed by atoms with E-state index in [-0.39, 0.29) is 0 Å². The summed E-state index contributed by atoms with van der Waals surface area (Å²) in [7, 11) is 0. The molecule has 0 bridgehead atoms. The zero-order chi connectivity index (χ0) is 11.3. The van der Waals surface area contributed by atoms with Crippen LogP contribution in [0.3, 0.4) is 0 Å². The smallest absolute Gasteiger partial charge is 0.0337 e. The van der Waals surface area contributed by atoms with Gasteiger partial charge in [0.2, 0.25) is 0 Å². The normalized spacial score (nSPS) is 10.4. The van der Waals surface area contributed by atoms with Crippen LogP contribution in [0, 0.1) is 0 Å². The minimum atomic E-state index is 0.686. The molecule has 0 saturated carbocycles. The molecule has 0 atom stereocenters. The van der Waals surface area contributed by atoms with Crippen molar-refractivity contribution in [1.82, 2.24) is 0 Å². The molecule has 0 heterocycles. The summed E-state index contributed by atoms with van der Waals surface area (Å²) < 4.78 is 0. The van der Waals surface area contributed by atoms with Crippen LogP contribution < -0.4 is 11.5 Å². The van der Waals surface area contributed by atoms with E-state index in [4.69, 9.17) is 11.5 Å². The molecule has 0 radical (unpaired) electrons. The maximum Gasteiger partial charge on any atom is 0.0337 e. The van der Waals surface area contributed by atoms with E-state index in [1.807, 2.05) is 24.3 Å². The van der Waals surface area contributed by atoms with E-state index in [0.29, 0.717) is 11.4 Å². The number of benzene rings is 1. The molecule has 1 rings (SSSR count). The molecule has 0 aliphatic heterocycles. The van der Waals surface area contributed by atoms with Gasteiger partial charge in [-0.3, -0.25) is 0 Å². The molecule has 0 aromatic heterocycles. The minimum Gasteiger partial charge on any atom is -0.399 e. The maximum atomic E-state index is 5.69. The Labute approximate surface area is 90.6 Å². The summed E-state index contributed by atoms with van der Waals surface area (Å²) in [5, 5.41) is 0. The Bertz CT molecular complexity index is 383. The highest BCUT2D eigenvalue weighted by molar-refractivity contribution is 5.55. The Kier molecular flexibility index (Phi) is 3.75. The molecule has 2 nitrogen and oxygen atoms in total. The van der Waals surface area contributed by atoms with E-state index < -0.39 is 0 Å². The highest BCUT2D eigenvalue weighted by atomic mass is 14.6. The van der Waals surface area contributed by atoms with Gasteiger partial charge in [0, 0.05) is 11.4 Å². The van der Waals surface area contributed by atoms with Crippen LogP contribution in [-0.2, 0) is 6.42 Å². The summed E-state index contributed by atoms with van der Waals surface area (Å²) in [6, 6.07) is 5.55. The molecule has 0 aliphatic carbocycles. The summed E-state index contributed by atoms with van der Waals surface area (Å²) >= 11 is 0. The van der Waals surface area contributed by atoms with Crippen LogP contribution in [0.5, 0.6) is 0 Å². The van der Waals surface area contributed by atoms with Gasteiger partial charge < -0.3 is 11.5 Å². The second-order valence-corrected chi connectivity index (χ2v) is 3.44. The lowest BCUT2D eigenvalue weighted by Crippen LogP contribution is -1.94. The van der Waals surface area contributed by atoms with Gasteiger partial charge in [-0.05, 0) is 30.2 Å². The number of hydrogen-bond donors (Lipinski definition) is 2. The predicted octanol–water partition coefficient (Wildman–Crippen LogP) is 2.69. The van der Waals surface area contributed by atoms with Crippen LogP contribution in [-0.4, -0.2) is 0 Å². The quantitative estimate of drug-likeness (QED) is 0.580. The Hall–Kier alpha value is -1.96. The van der Waals surface area contributed by atoms with Gasteiger partial charge in [0.15, 0.2) is 0 Å². The lowest BCUT2D eigenvalue weighted by Gasteiger charge is -2.04. The van der Waals surface area contributed by atoms with Crippen LogP contribution in [0.4, 0.5) is 11.4 Å². The van der Waals surface area contributed by atoms with Crippen molar-refractivity contribution in [2.45, 2.75) is 6.42 Å². The predicted molar refractivity (Wildman–Crippen MR) is 67.4 cm³/mol. The molecular formula is C13H16N2. The van der Waals surface area contributed by atoms with Gasteiger partial charge in [-0.25, -0.2) is 0 Å².